The number of rotatable bonds is 2. The fraction of sp³-hybridized carbons (Fsp3) is 0.0667. The van der Waals surface area contributed by atoms with Crippen LogP contribution in [0.5, 0.6) is 11.5 Å². The summed E-state index contributed by atoms with van der Waals surface area (Å²) in [6, 6.07) is 12.5. The monoisotopic (exact) mass is 226 g/mol. The Kier molecular flexibility index (Phi) is 3.15. The third kappa shape index (κ3) is 2.67. The molecule has 0 aliphatic carbocycles. The summed E-state index contributed by atoms with van der Waals surface area (Å²) in [5.41, 5.74) is 2.87. The highest BCUT2D eigenvalue weighted by molar-refractivity contribution is 5.74. The molecular formula is C15H14O2. The molecule has 0 aromatic heterocycles. The molecule has 2 N–H and O–H groups in total. The van der Waals surface area contributed by atoms with E-state index in [4.69, 9.17) is 0 Å². The van der Waals surface area contributed by atoms with E-state index in [2.05, 4.69) is 0 Å². The second-order valence-corrected chi connectivity index (χ2v) is 3.93. The molecular weight excluding hydrogens is 212 g/mol. The van der Waals surface area contributed by atoms with E-state index in [1.54, 1.807) is 6.08 Å². The topological polar surface area (TPSA) is 40.5 Å². The molecule has 0 fully saturated rings. The van der Waals surface area contributed by atoms with Crippen LogP contribution < -0.4 is 0 Å². The fourth-order valence-corrected chi connectivity index (χ4v) is 1.63. The van der Waals surface area contributed by atoms with Gasteiger partial charge in [0.2, 0.25) is 0 Å². The summed E-state index contributed by atoms with van der Waals surface area (Å²) in [6.07, 6.45) is 3.71. The minimum atomic E-state index is 0.146. The molecule has 0 bridgehead atoms. The number of aromatic hydroxyl groups is 2. The molecule has 86 valence electrons. The molecule has 0 spiro atoms. The minimum Gasteiger partial charge on any atom is -0.508 e. The van der Waals surface area contributed by atoms with Crippen molar-refractivity contribution in [3.63, 3.8) is 0 Å². The van der Waals surface area contributed by atoms with Crippen LogP contribution in [-0.2, 0) is 0 Å². The third-order valence-electron chi connectivity index (χ3n) is 2.64. The van der Waals surface area contributed by atoms with E-state index >= 15 is 0 Å². The third-order valence-corrected chi connectivity index (χ3v) is 2.64. The molecule has 2 heteroatoms. The Labute approximate surface area is 100 Å². The summed E-state index contributed by atoms with van der Waals surface area (Å²) in [6.45, 7) is 2.03. The van der Waals surface area contributed by atoms with Crippen LogP contribution in [0.15, 0.2) is 42.5 Å². The maximum atomic E-state index is 9.62. The zero-order valence-corrected chi connectivity index (χ0v) is 9.59. The van der Waals surface area contributed by atoms with Crippen molar-refractivity contribution in [2.75, 3.05) is 0 Å². The van der Waals surface area contributed by atoms with Crippen molar-refractivity contribution in [3.05, 3.63) is 59.2 Å². The molecule has 0 aliphatic heterocycles. The van der Waals surface area contributed by atoms with Crippen LogP contribution in [0, 0.1) is 6.92 Å². The summed E-state index contributed by atoms with van der Waals surface area (Å²) in [7, 11) is 0. The van der Waals surface area contributed by atoms with Gasteiger partial charge in [0.15, 0.2) is 0 Å². The van der Waals surface area contributed by atoms with Gasteiger partial charge in [0, 0.05) is 5.56 Å². The van der Waals surface area contributed by atoms with Gasteiger partial charge in [-0.25, -0.2) is 0 Å². The SMILES string of the molecule is Cc1ccccc1/C=C/c1cc(O)ccc1O. The van der Waals surface area contributed by atoms with Gasteiger partial charge in [0.25, 0.3) is 0 Å². The number of hydrogen-bond donors (Lipinski definition) is 2. The van der Waals surface area contributed by atoms with Crippen LogP contribution in [0.1, 0.15) is 16.7 Å². The maximum absolute atomic E-state index is 9.62. The molecule has 0 radical (unpaired) electrons. The van der Waals surface area contributed by atoms with Crippen molar-refractivity contribution in [2.45, 2.75) is 6.92 Å². The summed E-state index contributed by atoms with van der Waals surface area (Å²) in [5.74, 6) is 0.305. The van der Waals surface area contributed by atoms with Gasteiger partial charge in [-0.3, -0.25) is 0 Å². The van der Waals surface area contributed by atoms with Gasteiger partial charge in [0.05, 0.1) is 0 Å². The van der Waals surface area contributed by atoms with Crippen molar-refractivity contribution >= 4 is 12.2 Å². The van der Waals surface area contributed by atoms with Gasteiger partial charge in [-0.1, -0.05) is 36.4 Å². The van der Waals surface area contributed by atoms with Crippen LogP contribution in [-0.4, -0.2) is 10.2 Å². The quantitative estimate of drug-likeness (QED) is 0.607. The highest BCUT2D eigenvalue weighted by atomic mass is 16.3. The Hall–Kier alpha value is -2.22. The lowest BCUT2D eigenvalue weighted by atomic mass is 10.1. The summed E-state index contributed by atoms with van der Waals surface area (Å²) in [4.78, 5) is 0. The van der Waals surface area contributed by atoms with Gasteiger partial charge in [-0.2, -0.15) is 0 Å². The molecule has 2 aromatic carbocycles. The first-order chi connectivity index (χ1) is 8.16. The summed E-state index contributed by atoms with van der Waals surface area (Å²) < 4.78 is 0. The Balaban J connectivity index is 2.32. The van der Waals surface area contributed by atoms with Crippen LogP contribution in [0.2, 0.25) is 0 Å². The number of benzene rings is 2. The fourth-order valence-electron chi connectivity index (χ4n) is 1.63. The number of hydrogen-bond acceptors (Lipinski definition) is 2. The van der Waals surface area contributed by atoms with E-state index in [0.29, 0.717) is 5.56 Å². The average Bonchev–Trinajstić information content (AvgIpc) is 2.32. The molecule has 0 heterocycles. The smallest absolute Gasteiger partial charge is 0.123 e. The first-order valence-electron chi connectivity index (χ1n) is 5.42. The van der Waals surface area contributed by atoms with Crippen molar-refractivity contribution < 1.29 is 10.2 Å². The van der Waals surface area contributed by atoms with Crippen LogP contribution >= 0.6 is 0 Å². The second-order valence-electron chi connectivity index (χ2n) is 3.93. The molecule has 0 saturated heterocycles. The standard InChI is InChI=1S/C15H14O2/c1-11-4-2-3-5-12(11)6-7-13-10-14(16)8-9-15(13)17/h2-10,16-17H,1H3/b7-6+. The Morgan fingerprint density at radius 2 is 1.59 bits per heavy atom. The molecule has 0 saturated carbocycles. The minimum absolute atomic E-state index is 0.146. The van der Waals surface area contributed by atoms with Gasteiger partial charge >= 0.3 is 0 Å². The molecule has 2 rings (SSSR count). The van der Waals surface area contributed by atoms with Crippen LogP contribution in [0.25, 0.3) is 12.2 Å². The first-order valence-corrected chi connectivity index (χ1v) is 5.42. The van der Waals surface area contributed by atoms with E-state index < -0.39 is 0 Å². The van der Waals surface area contributed by atoms with Crippen LogP contribution in [0.3, 0.4) is 0 Å². The normalized spacial score (nSPS) is 10.9. The van der Waals surface area contributed by atoms with E-state index in [0.717, 1.165) is 5.56 Å². The largest absolute Gasteiger partial charge is 0.508 e. The highest BCUT2D eigenvalue weighted by Gasteiger charge is 1.98. The van der Waals surface area contributed by atoms with Gasteiger partial charge < -0.3 is 10.2 Å². The van der Waals surface area contributed by atoms with Gasteiger partial charge in [-0.05, 0) is 36.2 Å². The van der Waals surface area contributed by atoms with E-state index in [1.807, 2.05) is 37.3 Å². The van der Waals surface area contributed by atoms with Crippen molar-refractivity contribution in [3.8, 4) is 11.5 Å². The van der Waals surface area contributed by atoms with E-state index in [1.165, 1.54) is 23.8 Å². The predicted molar refractivity (Wildman–Crippen MR) is 69.9 cm³/mol. The second kappa shape index (κ2) is 4.74. The molecule has 2 aromatic rings. The van der Waals surface area contributed by atoms with E-state index in [-0.39, 0.29) is 11.5 Å². The number of phenols is 2. The molecule has 2 nitrogen and oxygen atoms in total. The van der Waals surface area contributed by atoms with E-state index in [9.17, 15) is 10.2 Å². The molecule has 0 amide bonds. The number of phenolic OH excluding ortho intramolecular Hbond substituents is 2. The first kappa shape index (κ1) is 11.3. The van der Waals surface area contributed by atoms with Crippen LogP contribution in [0.4, 0.5) is 0 Å². The Morgan fingerprint density at radius 3 is 2.35 bits per heavy atom. The summed E-state index contributed by atoms with van der Waals surface area (Å²) in [5, 5.41) is 19.0. The molecule has 0 aliphatic rings. The zero-order chi connectivity index (χ0) is 12.3. The predicted octanol–water partition coefficient (Wildman–Crippen LogP) is 3.58. The molecule has 0 atom stereocenters. The lowest BCUT2D eigenvalue weighted by molar-refractivity contribution is 0.459. The van der Waals surface area contributed by atoms with Crippen molar-refractivity contribution in [1.29, 1.82) is 0 Å². The van der Waals surface area contributed by atoms with Crippen molar-refractivity contribution in [1.82, 2.24) is 0 Å². The summed E-state index contributed by atoms with van der Waals surface area (Å²) >= 11 is 0. The Morgan fingerprint density at radius 1 is 0.882 bits per heavy atom. The highest BCUT2D eigenvalue weighted by Crippen LogP contribution is 2.24. The van der Waals surface area contributed by atoms with Gasteiger partial charge in [-0.15, -0.1) is 0 Å². The van der Waals surface area contributed by atoms with Crippen molar-refractivity contribution in [2.24, 2.45) is 0 Å². The lowest BCUT2D eigenvalue weighted by Crippen LogP contribution is -1.79. The van der Waals surface area contributed by atoms with Gasteiger partial charge in [0.1, 0.15) is 11.5 Å². The Bertz CT molecular complexity index is 557. The zero-order valence-electron chi connectivity index (χ0n) is 9.59. The number of aryl methyl sites for hydroxylation is 1. The lowest BCUT2D eigenvalue weighted by Gasteiger charge is -2.01. The average molecular weight is 226 g/mol. The maximum Gasteiger partial charge on any atom is 0.123 e. The molecule has 17 heavy (non-hydrogen) atoms. The molecule has 0 unspecified atom stereocenters.